The summed E-state index contributed by atoms with van der Waals surface area (Å²) in [6.45, 7) is 4.40. The van der Waals surface area contributed by atoms with Crippen LogP contribution in [0.4, 0.5) is 0 Å². The first-order valence-electron chi connectivity index (χ1n) is 6.20. The maximum Gasteiger partial charge on any atom is 0.115 e. The van der Waals surface area contributed by atoms with Gasteiger partial charge in [0, 0.05) is 12.1 Å². The summed E-state index contributed by atoms with van der Waals surface area (Å²) in [6.07, 6.45) is 4.10. The van der Waals surface area contributed by atoms with Crippen LogP contribution in [0.1, 0.15) is 44.7 Å². The minimum Gasteiger partial charge on any atom is -0.508 e. The van der Waals surface area contributed by atoms with E-state index in [9.17, 15) is 5.11 Å². The minimum absolute atomic E-state index is 0.306. The van der Waals surface area contributed by atoms with Crippen molar-refractivity contribution in [1.29, 1.82) is 0 Å². The predicted molar refractivity (Wildman–Crippen MR) is 66.5 cm³/mol. The third kappa shape index (κ3) is 3.24. The van der Waals surface area contributed by atoms with Gasteiger partial charge in [-0.1, -0.05) is 25.0 Å². The molecule has 0 bridgehead atoms. The molecule has 16 heavy (non-hydrogen) atoms. The van der Waals surface area contributed by atoms with Gasteiger partial charge in [-0.3, -0.25) is 0 Å². The Morgan fingerprint density at radius 1 is 1.38 bits per heavy atom. The van der Waals surface area contributed by atoms with E-state index >= 15 is 0 Å². The molecule has 88 valence electrons. The van der Waals surface area contributed by atoms with E-state index < -0.39 is 0 Å². The Hall–Kier alpha value is -1.02. The van der Waals surface area contributed by atoms with Crippen LogP contribution in [0.15, 0.2) is 24.3 Å². The van der Waals surface area contributed by atoms with Crippen molar-refractivity contribution in [2.45, 2.75) is 45.2 Å². The van der Waals surface area contributed by atoms with E-state index in [0.717, 1.165) is 11.5 Å². The lowest BCUT2D eigenvalue weighted by molar-refractivity contribution is 0.434. The van der Waals surface area contributed by atoms with Crippen molar-refractivity contribution >= 4 is 0 Å². The SMILES string of the molecule is CC(CC1CC1)NC(C)c1cccc(O)c1. The van der Waals surface area contributed by atoms with Gasteiger partial charge in [0.05, 0.1) is 0 Å². The first kappa shape index (κ1) is 11.5. The van der Waals surface area contributed by atoms with Crippen molar-refractivity contribution in [3.05, 3.63) is 29.8 Å². The van der Waals surface area contributed by atoms with Gasteiger partial charge in [-0.2, -0.15) is 0 Å². The highest BCUT2D eigenvalue weighted by Gasteiger charge is 2.24. The molecule has 1 saturated carbocycles. The molecule has 0 amide bonds. The molecule has 0 heterocycles. The molecule has 0 radical (unpaired) electrons. The molecule has 1 aromatic rings. The number of nitrogens with one attached hydrogen (secondary N) is 1. The summed E-state index contributed by atoms with van der Waals surface area (Å²) >= 11 is 0. The highest BCUT2D eigenvalue weighted by Crippen LogP contribution is 2.33. The fourth-order valence-corrected chi connectivity index (χ4v) is 2.24. The molecule has 2 unspecified atom stereocenters. The maximum absolute atomic E-state index is 9.42. The minimum atomic E-state index is 0.306. The smallest absolute Gasteiger partial charge is 0.115 e. The van der Waals surface area contributed by atoms with E-state index in [-0.39, 0.29) is 0 Å². The molecule has 2 heteroatoms. The Labute approximate surface area is 97.7 Å². The van der Waals surface area contributed by atoms with E-state index in [0.29, 0.717) is 17.8 Å². The topological polar surface area (TPSA) is 32.3 Å². The molecule has 2 nitrogen and oxygen atoms in total. The number of benzene rings is 1. The Morgan fingerprint density at radius 2 is 2.12 bits per heavy atom. The Kier molecular flexibility index (Phi) is 3.49. The van der Waals surface area contributed by atoms with E-state index in [1.165, 1.54) is 19.3 Å². The summed E-state index contributed by atoms with van der Waals surface area (Å²) in [6, 6.07) is 8.37. The number of phenols is 1. The normalized spacial score (nSPS) is 19.4. The molecular weight excluding hydrogens is 198 g/mol. The van der Waals surface area contributed by atoms with Gasteiger partial charge in [0.15, 0.2) is 0 Å². The largest absolute Gasteiger partial charge is 0.508 e. The van der Waals surface area contributed by atoms with E-state index in [2.05, 4.69) is 25.2 Å². The number of hydrogen-bond acceptors (Lipinski definition) is 2. The van der Waals surface area contributed by atoms with Gasteiger partial charge < -0.3 is 10.4 Å². The molecular formula is C14H21NO. The lowest BCUT2D eigenvalue weighted by atomic mass is 10.1. The third-order valence-corrected chi connectivity index (χ3v) is 3.29. The van der Waals surface area contributed by atoms with Crippen molar-refractivity contribution in [2.24, 2.45) is 5.92 Å². The van der Waals surface area contributed by atoms with Crippen molar-refractivity contribution in [3.8, 4) is 5.75 Å². The zero-order valence-corrected chi connectivity index (χ0v) is 10.1. The third-order valence-electron chi connectivity index (χ3n) is 3.29. The Balaban J connectivity index is 1.88. The van der Waals surface area contributed by atoms with E-state index in [1.807, 2.05) is 12.1 Å². The van der Waals surface area contributed by atoms with Crippen LogP contribution in [-0.2, 0) is 0 Å². The molecule has 1 aliphatic carbocycles. The average molecular weight is 219 g/mol. The number of hydrogen-bond donors (Lipinski definition) is 2. The second kappa shape index (κ2) is 4.88. The van der Waals surface area contributed by atoms with Crippen LogP contribution in [0.25, 0.3) is 0 Å². The van der Waals surface area contributed by atoms with Gasteiger partial charge in [-0.05, 0) is 43.9 Å². The molecule has 1 fully saturated rings. The second-order valence-electron chi connectivity index (χ2n) is 5.06. The molecule has 2 rings (SSSR count). The number of phenolic OH excluding ortho intramolecular Hbond substituents is 1. The fourth-order valence-electron chi connectivity index (χ4n) is 2.24. The molecule has 0 spiro atoms. The number of rotatable bonds is 5. The zero-order chi connectivity index (χ0) is 11.5. The van der Waals surface area contributed by atoms with Gasteiger partial charge >= 0.3 is 0 Å². The van der Waals surface area contributed by atoms with Gasteiger partial charge in [0.1, 0.15) is 5.75 Å². The summed E-state index contributed by atoms with van der Waals surface area (Å²) in [5.41, 5.74) is 1.16. The van der Waals surface area contributed by atoms with E-state index in [1.54, 1.807) is 6.07 Å². The summed E-state index contributed by atoms with van der Waals surface area (Å²) in [7, 11) is 0. The van der Waals surface area contributed by atoms with Gasteiger partial charge in [0.25, 0.3) is 0 Å². The van der Waals surface area contributed by atoms with E-state index in [4.69, 9.17) is 0 Å². The standard InChI is InChI=1S/C14H21NO/c1-10(8-12-6-7-12)15-11(2)13-4-3-5-14(16)9-13/h3-5,9-12,15-16H,6-8H2,1-2H3. The number of aromatic hydroxyl groups is 1. The summed E-state index contributed by atoms with van der Waals surface area (Å²) < 4.78 is 0. The first-order chi connectivity index (χ1) is 7.65. The maximum atomic E-state index is 9.42. The predicted octanol–water partition coefficient (Wildman–Crippen LogP) is 3.23. The molecule has 2 atom stereocenters. The molecule has 0 aromatic heterocycles. The van der Waals surface area contributed by atoms with Crippen LogP contribution in [0.5, 0.6) is 5.75 Å². The lowest BCUT2D eigenvalue weighted by Crippen LogP contribution is -2.29. The molecule has 1 aromatic carbocycles. The fraction of sp³-hybridized carbons (Fsp3) is 0.571. The van der Waals surface area contributed by atoms with Crippen LogP contribution in [0.2, 0.25) is 0 Å². The van der Waals surface area contributed by atoms with Gasteiger partial charge in [0.2, 0.25) is 0 Å². The van der Waals surface area contributed by atoms with Gasteiger partial charge in [-0.15, -0.1) is 0 Å². The summed E-state index contributed by atoms with van der Waals surface area (Å²) in [5.74, 6) is 1.31. The van der Waals surface area contributed by atoms with Crippen molar-refractivity contribution in [2.75, 3.05) is 0 Å². The monoisotopic (exact) mass is 219 g/mol. The second-order valence-corrected chi connectivity index (χ2v) is 5.06. The highest BCUT2D eigenvalue weighted by atomic mass is 16.3. The van der Waals surface area contributed by atoms with Crippen molar-refractivity contribution in [3.63, 3.8) is 0 Å². The summed E-state index contributed by atoms with van der Waals surface area (Å²) in [4.78, 5) is 0. The average Bonchev–Trinajstić information content (AvgIpc) is 3.01. The van der Waals surface area contributed by atoms with Crippen LogP contribution < -0.4 is 5.32 Å². The van der Waals surface area contributed by atoms with Crippen LogP contribution in [-0.4, -0.2) is 11.1 Å². The van der Waals surface area contributed by atoms with Crippen LogP contribution >= 0.6 is 0 Å². The Bertz CT molecular complexity index is 346. The molecule has 0 aliphatic heterocycles. The molecule has 2 N–H and O–H groups in total. The van der Waals surface area contributed by atoms with Crippen molar-refractivity contribution < 1.29 is 5.11 Å². The van der Waals surface area contributed by atoms with Crippen molar-refractivity contribution in [1.82, 2.24) is 5.32 Å². The first-order valence-corrected chi connectivity index (χ1v) is 6.20. The van der Waals surface area contributed by atoms with Gasteiger partial charge in [-0.25, -0.2) is 0 Å². The molecule has 0 saturated heterocycles. The Morgan fingerprint density at radius 3 is 2.75 bits per heavy atom. The quantitative estimate of drug-likeness (QED) is 0.797. The van der Waals surface area contributed by atoms with Crippen LogP contribution in [0, 0.1) is 5.92 Å². The zero-order valence-electron chi connectivity index (χ0n) is 10.1. The van der Waals surface area contributed by atoms with Crippen LogP contribution in [0.3, 0.4) is 0 Å². The lowest BCUT2D eigenvalue weighted by Gasteiger charge is -2.20. The summed E-state index contributed by atoms with van der Waals surface area (Å²) in [5, 5.41) is 13.0. The highest BCUT2D eigenvalue weighted by molar-refractivity contribution is 5.29. The molecule has 1 aliphatic rings.